The van der Waals surface area contributed by atoms with E-state index in [-0.39, 0.29) is 6.04 Å². The molecule has 1 saturated carbocycles. The molecule has 1 rings (SSSR count). The lowest BCUT2D eigenvalue weighted by atomic mass is 9.99. The van der Waals surface area contributed by atoms with Crippen molar-refractivity contribution in [2.24, 2.45) is 11.7 Å². The van der Waals surface area contributed by atoms with E-state index in [1.54, 1.807) is 7.11 Å². The second kappa shape index (κ2) is 7.21. The maximum absolute atomic E-state index is 5.97. The average molecular weight is 201 g/mol. The highest BCUT2D eigenvalue weighted by molar-refractivity contribution is 4.72. The van der Waals surface area contributed by atoms with E-state index in [9.17, 15) is 0 Å². The average Bonchev–Trinajstić information content (AvgIpc) is 2.65. The third-order valence-electron chi connectivity index (χ3n) is 2.87. The lowest BCUT2D eigenvalue weighted by Gasteiger charge is -2.16. The van der Waals surface area contributed by atoms with E-state index in [2.05, 4.69) is 0 Å². The van der Waals surface area contributed by atoms with Crippen LogP contribution in [-0.2, 0) is 9.47 Å². The molecule has 14 heavy (non-hydrogen) atoms. The van der Waals surface area contributed by atoms with Gasteiger partial charge in [0.15, 0.2) is 0 Å². The number of hydrogen-bond acceptors (Lipinski definition) is 3. The van der Waals surface area contributed by atoms with Crippen LogP contribution in [0.15, 0.2) is 0 Å². The van der Waals surface area contributed by atoms with Gasteiger partial charge in [0.05, 0.1) is 19.8 Å². The summed E-state index contributed by atoms with van der Waals surface area (Å²) in [6, 6.07) is 0.218. The molecule has 0 aliphatic heterocycles. The van der Waals surface area contributed by atoms with Gasteiger partial charge in [-0.25, -0.2) is 0 Å². The van der Waals surface area contributed by atoms with Crippen LogP contribution in [0.25, 0.3) is 0 Å². The minimum absolute atomic E-state index is 0.218. The van der Waals surface area contributed by atoms with Gasteiger partial charge in [0, 0.05) is 13.2 Å². The summed E-state index contributed by atoms with van der Waals surface area (Å²) < 4.78 is 10.3. The zero-order valence-electron chi connectivity index (χ0n) is 9.21. The highest BCUT2D eigenvalue weighted by Gasteiger charge is 2.17. The van der Waals surface area contributed by atoms with Gasteiger partial charge in [0.2, 0.25) is 0 Å². The van der Waals surface area contributed by atoms with Crippen molar-refractivity contribution in [3.63, 3.8) is 0 Å². The minimum Gasteiger partial charge on any atom is -0.382 e. The zero-order valence-corrected chi connectivity index (χ0v) is 9.21. The summed E-state index contributed by atoms with van der Waals surface area (Å²) in [5.41, 5.74) is 5.97. The Kier molecular flexibility index (Phi) is 6.15. The maximum atomic E-state index is 5.97. The largest absolute Gasteiger partial charge is 0.382 e. The molecule has 1 unspecified atom stereocenters. The molecule has 1 aliphatic rings. The quantitative estimate of drug-likeness (QED) is 0.636. The van der Waals surface area contributed by atoms with Crippen molar-refractivity contribution in [2.45, 2.75) is 38.1 Å². The second-order valence-corrected chi connectivity index (χ2v) is 4.21. The fourth-order valence-corrected chi connectivity index (χ4v) is 2.12. The van der Waals surface area contributed by atoms with E-state index in [1.807, 2.05) is 0 Å². The van der Waals surface area contributed by atoms with Crippen LogP contribution < -0.4 is 5.73 Å². The molecule has 3 heteroatoms. The Morgan fingerprint density at radius 1 is 1.29 bits per heavy atom. The number of hydrogen-bond donors (Lipinski definition) is 1. The molecule has 0 spiro atoms. The highest BCUT2D eigenvalue weighted by atomic mass is 16.5. The third-order valence-corrected chi connectivity index (χ3v) is 2.87. The van der Waals surface area contributed by atoms with Gasteiger partial charge in [-0.1, -0.05) is 25.7 Å². The van der Waals surface area contributed by atoms with Crippen LogP contribution in [-0.4, -0.2) is 33.0 Å². The van der Waals surface area contributed by atoms with E-state index in [4.69, 9.17) is 15.2 Å². The fraction of sp³-hybridized carbons (Fsp3) is 1.00. The van der Waals surface area contributed by atoms with Gasteiger partial charge in [0.25, 0.3) is 0 Å². The molecule has 2 N–H and O–H groups in total. The van der Waals surface area contributed by atoms with Crippen molar-refractivity contribution in [1.29, 1.82) is 0 Å². The van der Waals surface area contributed by atoms with Crippen LogP contribution in [0, 0.1) is 5.92 Å². The van der Waals surface area contributed by atoms with E-state index >= 15 is 0 Å². The molecule has 0 heterocycles. The summed E-state index contributed by atoms with van der Waals surface area (Å²) >= 11 is 0. The first-order valence-corrected chi connectivity index (χ1v) is 5.65. The topological polar surface area (TPSA) is 44.5 Å². The van der Waals surface area contributed by atoms with E-state index < -0.39 is 0 Å². The highest BCUT2D eigenvalue weighted by Crippen LogP contribution is 2.28. The molecule has 0 bridgehead atoms. The Bertz CT molecular complexity index is 135. The smallest absolute Gasteiger partial charge is 0.0701 e. The van der Waals surface area contributed by atoms with Gasteiger partial charge in [-0.3, -0.25) is 0 Å². The van der Waals surface area contributed by atoms with Gasteiger partial charge in [-0.15, -0.1) is 0 Å². The first kappa shape index (κ1) is 12.0. The molecule has 3 nitrogen and oxygen atoms in total. The lowest BCUT2D eigenvalue weighted by molar-refractivity contribution is 0.0607. The predicted molar refractivity (Wildman–Crippen MR) is 57.2 cm³/mol. The molecule has 0 amide bonds. The number of nitrogens with two attached hydrogens (primary N) is 1. The Hall–Kier alpha value is -0.120. The summed E-state index contributed by atoms with van der Waals surface area (Å²) in [6.45, 7) is 2.00. The van der Waals surface area contributed by atoms with Crippen molar-refractivity contribution in [3.05, 3.63) is 0 Å². The molecule has 84 valence electrons. The standard InChI is InChI=1S/C11H23NO2/c1-13-6-7-14-9-11(12)8-10-4-2-3-5-10/h10-11H,2-9,12H2,1H3. The van der Waals surface area contributed by atoms with Crippen LogP contribution in [0.4, 0.5) is 0 Å². The van der Waals surface area contributed by atoms with Gasteiger partial charge in [-0.05, 0) is 12.3 Å². The Balaban J connectivity index is 1.95. The van der Waals surface area contributed by atoms with Gasteiger partial charge < -0.3 is 15.2 Å². The lowest BCUT2D eigenvalue weighted by Crippen LogP contribution is -2.29. The fourth-order valence-electron chi connectivity index (χ4n) is 2.12. The Morgan fingerprint density at radius 2 is 2.00 bits per heavy atom. The summed E-state index contributed by atoms with van der Waals surface area (Å²) in [5, 5.41) is 0. The van der Waals surface area contributed by atoms with Gasteiger partial charge in [-0.2, -0.15) is 0 Å². The van der Waals surface area contributed by atoms with Crippen LogP contribution >= 0.6 is 0 Å². The summed E-state index contributed by atoms with van der Waals surface area (Å²) in [7, 11) is 1.68. The minimum atomic E-state index is 0.218. The number of rotatable bonds is 7. The maximum Gasteiger partial charge on any atom is 0.0701 e. The molecule has 1 fully saturated rings. The van der Waals surface area contributed by atoms with Gasteiger partial charge >= 0.3 is 0 Å². The second-order valence-electron chi connectivity index (χ2n) is 4.21. The van der Waals surface area contributed by atoms with Crippen LogP contribution in [0.5, 0.6) is 0 Å². The van der Waals surface area contributed by atoms with E-state index in [0.29, 0.717) is 19.8 Å². The Morgan fingerprint density at radius 3 is 2.64 bits per heavy atom. The summed E-state index contributed by atoms with van der Waals surface area (Å²) in [4.78, 5) is 0. The Labute approximate surface area is 86.9 Å². The molecule has 1 atom stereocenters. The van der Waals surface area contributed by atoms with Crippen molar-refractivity contribution < 1.29 is 9.47 Å². The van der Waals surface area contributed by atoms with Crippen LogP contribution in [0.3, 0.4) is 0 Å². The number of methoxy groups -OCH3 is 1. The third kappa shape index (κ3) is 4.94. The summed E-state index contributed by atoms with van der Waals surface area (Å²) in [5.74, 6) is 0.857. The number of ether oxygens (including phenoxy) is 2. The normalized spacial score (nSPS) is 20.1. The van der Waals surface area contributed by atoms with Crippen molar-refractivity contribution >= 4 is 0 Å². The van der Waals surface area contributed by atoms with Gasteiger partial charge in [0.1, 0.15) is 0 Å². The first-order chi connectivity index (χ1) is 6.83. The van der Waals surface area contributed by atoms with Crippen LogP contribution in [0.2, 0.25) is 0 Å². The van der Waals surface area contributed by atoms with E-state index in [0.717, 1.165) is 12.3 Å². The molecule has 1 aliphatic carbocycles. The molecule has 0 radical (unpaired) electrons. The predicted octanol–water partition coefficient (Wildman–Crippen LogP) is 1.56. The zero-order chi connectivity index (χ0) is 10.2. The van der Waals surface area contributed by atoms with Crippen molar-refractivity contribution in [3.8, 4) is 0 Å². The monoisotopic (exact) mass is 201 g/mol. The molecule has 0 aromatic carbocycles. The molecule has 0 saturated heterocycles. The van der Waals surface area contributed by atoms with E-state index in [1.165, 1.54) is 25.7 Å². The molecular weight excluding hydrogens is 178 g/mol. The molecular formula is C11H23NO2. The molecule has 0 aromatic rings. The van der Waals surface area contributed by atoms with Crippen molar-refractivity contribution in [2.75, 3.05) is 26.9 Å². The summed E-state index contributed by atoms with van der Waals surface area (Å²) in [6.07, 6.45) is 6.65. The SMILES string of the molecule is COCCOCC(N)CC1CCCC1. The van der Waals surface area contributed by atoms with Crippen LogP contribution in [0.1, 0.15) is 32.1 Å². The molecule has 0 aromatic heterocycles. The van der Waals surface area contributed by atoms with Crippen molar-refractivity contribution in [1.82, 2.24) is 0 Å². The first-order valence-electron chi connectivity index (χ1n) is 5.65.